The lowest BCUT2D eigenvalue weighted by Crippen LogP contribution is -2.27. The summed E-state index contributed by atoms with van der Waals surface area (Å²) in [5, 5.41) is 3.01. The number of benzene rings is 1. The third-order valence-electron chi connectivity index (χ3n) is 5.60. The van der Waals surface area contributed by atoms with Gasteiger partial charge in [0.2, 0.25) is 0 Å². The number of carbonyl (C=O) groups excluding carboxylic acids is 1. The molecule has 1 amide bonds. The Labute approximate surface area is 206 Å². The molecule has 1 aromatic carbocycles. The van der Waals surface area contributed by atoms with Gasteiger partial charge < -0.3 is 15.0 Å². The van der Waals surface area contributed by atoms with Crippen molar-refractivity contribution in [3.63, 3.8) is 0 Å². The molecule has 4 rings (SSSR count). The summed E-state index contributed by atoms with van der Waals surface area (Å²) < 4.78 is 83.3. The molecule has 2 aliphatic heterocycles. The fourth-order valence-corrected chi connectivity index (χ4v) is 4.32. The van der Waals surface area contributed by atoms with Crippen molar-refractivity contribution in [1.29, 1.82) is 0 Å². The standard InChI is InChI=1S/C14H11F6NO2.C9H11BrN2/c15-13(16,17)8-4-7(5-9(6-8)14(18,19)20)11-10-2-1-3-21(10)12(22)23-11;1-6(2)8-4-7(10)5-12-9(8)11-3/h4-6,10-11H,1-3H2;4-5H,1H2,2-3H3,(H,11,12). The van der Waals surface area contributed by atoms with Gasteiger partial charge >= 0.3 is 18.4 Å². The summed E-state index contributed by atoms with van der Waals surface area (Å²) in [4.78, 5) is 17.2. The first-order chi connectivity index (χ1) is 16.2. The number of hydrogen-bond donors (Lipinski definition) is 1. The van der Waals surface area contributed by atoms with Gasteiger partial charge in [-0.3, -0.25) is 0 Å². The van der Waals surface area contributed by atoms with Crippen molar-refractivity contribution < 1.29 is 35.9 Å². The smallest absolute Gasteiger partial charge is 0.416 e. The number of pyridine rings is 1. The third-order valence-corrected chi connectivity index (χ3v) is 6.03. The average Bonchev–Trinajstić information content (AvgIpc) is 3.37. The van der Waals surface area contributed by atoms with Gasteiger partial charge in [0, 0.05) is 29.8 Å². The molecular weight excluding hydrogens is 544 g/mol. The SMILES string of the molecule is C=C(C)c1cc(Br)cnc1NC.O=C1OC(c2cc(C(F)(F)F)cc(C(F)(F)F)c2)C2CCCN12. The minimum Gasteiger partial charge on any atom is -0.439 e. The van der Waals surface area contributed by atoms with E-state index < -0.39 is 41.7 Å². The van der Waals surface area contributed by atoms with Crippen molar-refractivity contribution in [2.75, 3.05) is 18.9 Å². The first-order valence-electron chi connectivity index (χ1n) is 10.5. The maximum atomic E-state index is 12.9. The molecule has 3 heterocycles. The maximum Gasteiger partial charge on any atom is 0.416 e. The Morgan fingerprint density at radius 2 is 1.74 bits per heavy atom. The Kier molecular flexibility index (Phi) is 7.73. The predicted molar refractivity (Wildman–Crippen MR) is 122 cm³/mol. The molecule has 2 aliphatic rings. The van der Waals surface area contributed by atoms with Gasteiger partial charge in [0.15, 0.2) is 0 Å². The highest BCUT2D eigenvalue weighted by molar-refractivity contribution is 9.10. The van der Waals surface area contributed by atoms with Crippen LogP contribution in [-0.4, -0.2) is 35.6 Å². The first kappa shape index (κ1) is 26.8. The Balaban J connectivity index is 0.000000241. The number of aromatic nitrogens is 1. The van der Waals surface area contributed by atoms with Crippen LogP contribution in [0.15, 0.2) is 41.5 Å². The van der Waals surface area contributed by atoms with E-state index >= 15 is 0 Å². The number of rotatable bonds is 3. The van der Waals surface area contributed by atoms with Crippen LogP contribution in [0.1, 0.15) is 48.1 Å². The summed E-state index contributed by atoms with van der Waals surface area (Å²) in [7, 11) is 1.85. The quantitative estimate of drug-likeness (QED) is 0.397. The topological polar surface area (TPSA) is 54.5 Å². The number of nitrogens with zero attached hydrogens (tertiary/aromatic N) is 2. The number of ether oxygens (including phenoxy) is 1. The van der Waals surface area contributed by atoms with Gasteiger partial charge in [-0.2, -0.15) is 26.3 Å². The van der Waals surface area contributed by atoms with E-state index in [4.69, 9.17) is 4.74 Å². The Morgan fingerprint density at radius 3 is 2.26 bits per heavy atom. The molecule has 2 saturated heterocycles. The van der Waals surface area contributed by atoms with Crippen molar-refractivity contribution >= 4 is 33.4 Å². The van der Waals surface area contributed by atoms with Crippen LogP contribution in [0.2, 0.25) is 0 Å². The minimum absolute atomic E-state index is 0.0622. The summed E-state index contributed by atoms with van der Waals surface area (Å²) in [5.74, 6) is 0.866. The molecule has 2 unspecified atom stereocenters. The second-order valence-electron chi connectivity index (χ2n) is 8.13. The van der Waals surface area contributed by atoms with Crippen LogP contribution in [0.25, 0.3) is 5.57 Å². The van der Waals surface area contributed by atoms with E-state index in [9.17, 15) is 31.1 Å². The van der Waals surface area contributed by atoms with Crippen molar-refractivity contribution in [1.82, 2.24) is 9.88 Å². The number of amides is 1. The molecule has 12 heteroatoms. The Hall–Kier alpha value is -2.76. The summed E-state index contributed by atoms with van der Waals surface area (Å²) in [6.45, 7) is 6.23. The van der Waals surface area contributed by atoms with Crippen LogP contribution in [0.3, 0.4) is 0 Å². The molecule has 5 nitrogen and oxygen atoms in total. The highest BCUT2D eigenvalue weighted by Crippen LogP contribution is 2.43. The molecule has 0 aliphatic carbocycles. The lowest BCUT2D eigenvalue weighted by atomic mass is 9.96. The highest BCUT2D eigenvalue weighted by Gasteiger charge is 2.46. The normalized spacial score (nSPS) is 19.6. The number of cyclic esters (lactones) is 1. The number of fused-ring (bicyclic) bond motifs is 1. The lowest BCUT2D eigenvalue weighted by molar-refractivity contribution is -0.143. The Bertz CT molecular complexity index is 1090. The second kappa shape index (κ2) is 10.1. The van der Waals surface area contributed by atoms with Crippen LogP contribution in [0, 0.1) is 0 Å². The van der Waals surface area contributed by atoms with E-state index in [0.717, 1.165) is 21.4 Å². The molecule has 0 saturated carbocycles. The number of allylic oxidation sites excluding steroid dienone is 1. The zero-order chi connectivity index (χ0) is 26.1. The Morgan fingerprint density at radius 1 is 1.14 bits per heavy atom. The molecule has 0 spiro atoms. The van der Waals surface area contributed by atoms with E-state index in [0.29, 0.717) is 31.5 Å². The number of nitrogens with one attached hydrogen (secondary N) is 1. The van der Waals surface area contributed by atoms with Gasteiger partial charge in [-0.15, -0.1) is 0 Å². The average molecular weight is 566 g/mol. The van der Waals surface area contributed by atoms with Crippen LogP contribution in [0.4, 0.5) is 37.0 Å². The van der Waals surface area contributed by atoms with E-state index in [2.05, 4.69) is 32.8 Å². The molecule has 1 N–H and O–H groups in total. The lowest BCUT2D eigenvalue weighted by Gasteiger charge is -2.20. The van der Waals surface area contributed by atoms with Crippen LogP contribution in [0.5, 0.6) is 0 Å². The van der Waals surface area contributed by atoms with E-state index in [1.165, 1.54) is 4.90 Å². The highest BCUT2D eigenvalue weighted by atomic mass is 79.9. The fraction of sp³-hybridized carbons (Fsp3) is 0.391. The fourth-order valence-electron chi connectivity index (χ4n) is 3.99. The molecule has 2 atom stereocenters. The minimum atomic E-state index is -4.92. The summed E-state index contributed by atoms with van der Waals surface area (Å²) in [6, 6.07) is 2.78. The summed E-state index contributed by atoms with van der Waals surface area (Å²) in [5.41, 5.74) is -1.04. The van der Waals surface area contributed by atoms with Gasteiger partial charge in [0.25, 0.3) is 0 Å². The first-order valence-corrected chi connectivity index (χ1v) is 11.3. The molecule has 1 aromatic heterocycles. The van der Waals surface area contributed by atoms with Crippen LogP contribution in [-0.2, 0) is 17.1 Å². The third kappa shape index (κ3) is 6.09. The predicted octanol–water partition coefficient (Wildman–Crippen LogP) is 7.30. The molecule has 2 aromatic rings. The largest absolute Gasteiger partial charge is 0.439 e. The van der Waals surface area contributed by atoms with Gasteiger partial charge in [-0.25, -0.2) is 9.78 Å². The number of hydrogen-bond acceptors (Lipinski definition) is 4. The molecule has 190 valence electrons. The van der Waals surface area contributed by atoms with Crippen LogP contribution >= 0.6 is 15.9 Å². The van der Waals surface area contributed by atoms with Crippen LogP contribution < -0.4 is 5.32 Å². The number of alkyl halides is 6. The number of halogens is 7. The summed E-state index contributed by atoms with van der Waals surface area (Å²) in [6.07, 6.45) is -8.79. The van der Waals surface area contributed by atoms with E-state index in [-0.39, 0.29) is 11.6 Å². The van der Waals surface area contributed by atoms with Gasteiger partial charge in [0.05, 0.1) is 17.2 Å². The van der Waals surface area contributed by atoms with Crippen molar-refractivity contribution in [2.45, 2.75) is 44.3 Å². The zero-order valence-electron chi connectivity index (χ0n) is 18.7. The molecule has 2 fully saturated rings. The van der Waals surface area contributed by atoms with Gasteiger partial charge in [-0.1, -0.05) is 6.58 Å². The summed E-state index contributed by atoms with van der Waals surface area (Å²) >= 11 is 3.36. The monoisotopic (exact) mass is 565 g/mol. The molecule has 0 bridgehead atoms. The molecule has 35 heavy (non-hydrogen) atoms. The number of carbonyl (C=O) groups is 1. The number of anilines is 1. The molecular formula is C23H22BrF6N3O2. The maximum absolute atomic E-state index is 12.9. The van der Waals surface area contributed by atoms with Crippen molar-refractivity contribution in [3.05, 3.63) is 63.8 Å². The van der Waals surface area contributed by atoms with Gasteiger partial charge in [0.1, 0.15) is 11.9 Å². The van der Waals surface area contributed by atoms with Crippen molar-refractivity contribution in [2.24, 2.45) is 0 Å². The van der Waals surface area contributed by atoms with E-state index in [1.807, 2.05) is 20.0 Å². The second-order valence-corrected chi connectivity index (χ2v) is 9.04. The molecule has 0 radical (unpaired) electrons. The van der Waals surface area contributed by atoms with Crippen molar-refractivity contribution in [3.8, 4) is 0 Å². The van der Waals surface area contributed by atoms with E-state index in [1.54, 1.807) is 6.20 Å². The van der Waals surface area contributed by atoms with Gasteiger partial charge in [-0.05, 0) is 71.1 Å². The zero-order valence-corrected chi connectivity index (χ0v) is 20.3.